The van der Waals surface area contributed by atoms with E-state index in [0.29, 0.717) is 15.8 Å². The third-order valence-electron chi connectivity index (χ3n) is 4.18. The SMILES string of the molecule is Cc1ccc(N=C2NC(=O)/C(=C/c3cc(C)c(O)c(C)c3)S2)cc1C. The minimum atomic E-state index is -0.157. The van der Waals surface area contributed by atoms with Crippen molar-refractivity contribution in [3.8, 4) is 5.75 Å². The summed E-state index contributed by atoms with van der Waals surface area (Å²) in [6, 6.07) is 9.69. The normalized spacial score (nSPS) is 17.4. The first-order valence-electron chi connectivity index (χ1n) is 8.00. The second-order valence-electron chi connectivity index (χ2n) is 6.25. The maximum atomic E-state index is 12.2. The number of rotatable bonds is 2. The molecular formula is C20H20N2O2S. The summed E-state index contributed by atoms with van der Waals surface area (Å²) in [6.45, 7) is 7.79. The Bertz CT molecular complexity index is 906. The molecular weight excluding hydrogens is 332 g/mol. The summed E-state index contributed by atoms with van der Waals surface area (Å²) in [5, 5.41) is 13.2. The van der Waals surface area contributed by atoms with Gasteiger partial charge in [0.05, 0.1) is 10.6 Å². The average molecular weight is 352 g/mol. The van der Waals surface area contributed by atoms with Crippen LogP contribution in [0.5, 0.6) is 5.75 Å². The zero-order valence-corrected chi connectivity index (χ0v) is 15.5. The number of phenols is 1. The number of carbonyl (C=O) groups is 1. The summed E-state index contributed by atoms with van der Waals surface area (Å²) < 4.78 is 0. The maximum Gasteiger partial charge on any atom is 0.264 e. The molecule has 4 nitrogen and oxygen atoms in total. The van der Waals surface area contributed by atoms with Crippen LogP contribution in [0.1, 0.15) is 27.8 Å². The number of nitrogens with one attached hydrogen (secondary N) is 1. The van der Waals surface area contributed by atoms with E-state index in [1.807, 2.05) is 57.2 Å². The van der Waals surface area contributed by atoms with E-state index in [9.17, 15) is 9.90 Å². The van der Waals surface area contributed by atoms with Crippen LogP contribution in [0.2, 0.25) is 0 Å². The zero-order valence-electron chi connectivity index (χ0n) is 14.7. The number of carbonyl (C=O) groups excluding carboxylic acids is 1. The first-order chi connectivity index (χ1) is 11.8. The summed E-state index contributed by atoms with van der Waals surface area (Å²) in [4.78, 5) is 17.3. The molecule has 0 aromatic heterocycles. The highest BCUT2D eigenvalue weighted by Gasteiger charge is 2.24. The van der Waals surface area contributed by atoms with Gasteiger partial charge in [0.1, 0.15) is 5.75 Å². The highest BCUT2D eigenvalue weighted by molar-refractivity contribution is 8.18. The number of thioether (sulfide) groups is 1. The molecule has 0 saturated carbocycles. The lowest BCUT2D eigenvalue weighted by atomic mass is 10.1. The lowest BCUT2D eigenvalue weighted by molar-refractivity contribution is -0.115. The first kappa shape index (κ1) is 17.3. The molecule has 0 spiro atoms. The van der Waals surface area contributed by atoms with Crippen LogP contribution < -0.4 is 5.32 Å². The van der Waals surface area contributed by atoms with Crippen LogP contribution in [0.25, 0.3) is 6.08 Å². The van der Waals surface area contributed by atoms with Gasteiger partial charge in [-0.3, -0.25) is 4.79 Å². The molecule has 0 unspecified atom stereocenters. The highest BCUT2D eigenvalue weighted by Crippen LogP contribution is 2.30. The second kappa shape index (κ2) is 6.76. The van der Waals surface area contributed by atoms with Crippen LogP contribution in [0.4, 0.5) is 5.69 Å². The number of aryl methyl sites for hydroxylation is 4. The molecule has 1 saturated heterocycles. The van der Waals surface area contributed by atoms with Crippen LogP contribution in [0, 0.1) is 27.7 Å². The number of amidine groups is 1. The third kappa shape index (κ3) is 3.77. The molecule has 1 heterocycles. The standard InChI is InChI=1S/C20H20N2O2S/c1-11-5-6-16(9-12(11)2)21-20-22-19(24)17(25-20)10-15-7-13(3)18(23)14(4)8-15/h5-10,23H,1-4H3,(H,21,22,24)/b17-10-. The van der Waals surface area contributed by atoms with Gasteiger partial charge in [-0.05, 0) is 97.6 Å². The summed E-state index contributed by atoms with van der Waals surface area (Å²) in [6.07, 6.45) is 1.82. The number of amides is 1. The van der Waals surface area contributed by atoms with E-state index in [-0.39, 0.29) is 5.91 Å². The van der Waals surface area contributed by atoms with Crippen molar-refractivity contribution in [2.24, 2.45) is 4.99 Å². The van der Waals surface area contributed by atoms with E-state index in [1.165, 1.54) is 22.9 Å². The van der Waals surface area contributed by atoms with Gasteiger partial charge in [-0.15, -0.1) is 0 Å². The van der Waals surface area contributed by atoms with E-state index in [2.05, 4.69) is 17.2 Å². The molecule has 2 aromatic carbocycles. The Morgan fingerprint density at radius 2 is 1.68 bits per heavy atom. The van der Waals surface area contributed by atoms with Crippen molar-refractivity contribution in [1.82, 2.24) is 5.32 Å². The number of aromatic hydroxyl groups is 1. The van der Waals surface area contributed by atoms with Crippen molar-refractivity contribution in [2.75, 3.05) is 0 Å². The Balaban J connectivity index is 1.87. The summed E-state index contributed by atoms with van der Waals surface area (Å²) >= 11 is 1.32. The molecule has 1 aliphatic rings. The number of phenolic OH excluding ortho intramolecular Hbond substituents is 1. The van der Waals surface area contributed by atoms with E-state index < -0.39 is 0 Å². The smallest absolute Gasteiger partial charge is 0.264 e. The predicted molar refractivity (Wildman–Crippen MR) is 104 cm³/mol. The zero-order chi connectivity index (χ0) is 18.1. The molecule has 2 aromatic rings. The molecule has 1 fully saturated rings. The van der Waals surface area contributed by atoms with E-state index in [1.54, 1.807) is 0 Å². The lowest BCUT2D eigenvalue weighted by Crippen LogP contribution is -2.19. The monoisotopic (exact) mass is 352 g/mol. The van der Waals surface area contributed by atoms with Gasteiger partial charge in [0.25, 0.3) is 5.91 Å². The molecule has 0 aliphatic carbocycles. The van der Waals surface area contributed by atoms with E-state index in [4.69, 9.17) is 0 Å². The van der Waals surface area contributed by atoms with Crippen molar-refractivity contribution in [3.05, 3.63) is 63.1 Å². The quantitative estimate of drug-likeness (QED) is 0.781. The number of hydrogen-bond acceptors (Lipinski definition) is 4. The van der Waals surface area contributed by atoms with Crippen LogP contribution in [-0.2, 0) is 4.79 Å². The van der Waals surface area contributed by atoms with Gasteiger partial charge in [0.2, 0.25) is 0 Å². The Kier molecular flexibility index (Phi) is 4.68. The second-order valence-corrected chi connectivity index (χ2v) is 7.28. The predicted octanol–water partition coefficient (Wildman–Crippen LogP) is 4.52. The lowest BCUT2D eigenvalue weighted by Gasteiger charge is -2.05. The van der Waals surface area contributed by atoms with Gasteiger partial charge in [0.15, 0.2) is 5.17 Å². The van der Waals surface area contributed by atoms with E-state index in [0.717, 1.165) is 22.4 Å². The fourth-order valence-corrected chi connectivity index (χ4v) is 3.46. The molecule has 0 bridgehead atoms. The molecule has 3 rings (SSSR count). The summed E-state index contributed by atoms with van der Waals surface area (Å²) in [5.41, 5.74) is 5.67. The van der Waals surface area contributed by atoms with Crippen molar-refractivity contribution in [2.45, 2.75) is 27.7 Å². The van der Waals surface area contributed by atoms with Crippen molar-refractivity contribution < 1.29 is 9.90 Å². The molecule has 1 amide bonds. The Morgan fingerprint density at radius 3 is 2.32 bits per heavy atom. The third-order valence-corrected chi connectivity index (χ3v) is 5.09. The van der Waals surface area contributed by atoms with Gasteiger partial charge in [-0.25, -0.2) is 4.99 Å². The van der Waals surface area contributed by atoms with Gasteiger partial charge in [-0.2, -0.15) is 0 Å². The van der Waals surface area contributed by atoms with E-state index >= 15 is 0 Å². The minimum Gasteiger partial charge on any atom is -0.507 e. The molecule has 128 valence electrons. The van der Waals surface area contributed by atoms with Crippen molar-refractivity contribution in [1.29, 1.82) is 0 Å². The maximum absolute atomic E-state index is 12.2. The average Bonchev–Trinajstić information content (AvgIpc) is 2.88. The van der Waals surface area contributed by atoms with Crippen LogP contribution >= 0.6 is 11.8 Å². The molecule has 5 heteroatoms. The molecule has 0 radical (unpaired) electrons. The van der Waals surface area contributed by atoms with Crippen molar-refractivity contribution in [3.63, 3.8) is 0 Å². The molecule has 25 heavy (non-hydrogen) atoms. The number of nitrogens with zero attached hydrogens (tertiary/aromatic N) is 1. The summed E-state index contributed by atoms with van der Waals surface area (Å²) in [5.74, 6) is 0.138. The van der Waals surface area contributed by atoms with Gasteiger partial charge < -0.3 is 10.4 Å². The fourth-order valence-electron chi connectivity index (χ4n) is 2.62. The molecule has 2 N–H and O–H groups in total. The molecule has 1 aliphatic heterocycles. The number of aliphatic imine (C=N–C) groups is 1. The number of benzene rings is 2. The summed E-state index contributed by atoms with van der Waals surface area (Å²) in [7, 11) is 0. The van der Waals surface area contributed by atoms with Crippen LogP contribution in [0.3, 0.4) is 0 Å². The highest BCUT2D eigenvalue weighted by atomic mass is 32.2. The molecule has 0 atom stereocenters. The van der Waals surface area contributed by atoms with Gasteiger partial charge in [0, 0.05) is 0 Å². The van der Waals surface area contributed by atoms with Gasteiger partial charge >= 0.3 is 0 Å². The van der Waals surface area contributed by atoms with Crippen LogP contribution in [0.15, 0.2) is 40.2 Å². The topological polar surface area (TPSA) is 61.7 Å². The first-order valence-corrected chi connectivity index (χ1v) is 8.82. The fraction of sp³-hybridized carbons (Fsp3) is 0.200. The number of hydrogen-bond donors (Lipinski definition) is 2. The Morgan fingerprint density at radius 1 is 1.00 bits per heavy atom. The van der Waals surface area contributed by atoms with Gasteiger partial charge in [-0.1, -0.05) is 6.07 Å². The minimum absolute atomic E-state index is 0.157. The largest absolute Gasteiger partial charge is 0.507 e. The Labute approximate surface area is 151 Å². The Hall–Kier alpha value is -2.53. The van der Waals surface area contributed by atoms with Crippen molar-refractivity contribution >= 4 is 34.6 Å². The van der Waals surface area contributed by atoms with Crippen LogP contribution in [-0.4, -0.2) is 16.2 Å².